The smallest absolute Gasteiger partial charge is 0.127 e. The van der Waals surface area contributed by atoms with Gasteiger partial charge in [0.05, 0.1) is 13.7 Å². The molecule has 2 saturated carbocycles. The Balaban J connectivity index is 1.69. The Morgan fingerprint density at radius 1 is 1.30 bits per heavy atom. The van der Waals surface area contributed by atoms with Crippen molar-refractivity contribution in [1.29, 1.82) is 0 Å². The van der Waals surface area contributed by atoms with Crippen molar-refractivity contribution in [2.45, 2.75) is 38.6 Å². The summed E-state index contributed by atoms with van der Waals surface area (Å²) >= 11 is 0. The van der Waals surface area contributed by atoms with Gasteiger partial charge in [-0.05, 0) is 50.0 Å². The third kappa shape index (κ3) is 2.64. The summed E-state index contributed by atoms with van der Waals surface area (Å²) in [6, 6.07) is 5.91. The molecule has 0 radical (unpaired) electrons. The van der Waals surface area contributed by atoms with Crippen LogP contribution >= 0.6 is 0 Å². The first-order valence-electron chi connectivity index (χ1n) is 7.73. The number of benzene rings is 1. The minimum absolute atomic E-state index is 0.0177. The van der Waals surface area contributed by atoms with Crippen molar-refractivity contribution in [1.82, 2.24) is 0 Å². The van der Waals surface area contributed by atoms with Gasteiger partial charge in [-0.2, -0.15) is 0 Å². The van der Waals surface area contributed by atoms with E-state index >= 15 is 0 Å². The SMILES string of the molecule is COc1ccc([C@@H](C)N)c(OCC2CC3CCC2C3)c1. The number of nitrogens with two attached hydrogens (primary N) is 1. The van der Waals surface area contributed by atoms with E-state index in [0.29, 0.717) is 0 Å². The van der Waals surface area contributed by atoms with Crippen LogP contribution in [0.1, 0.15) is 44.2 Å². The molecule has 0 amide bonds. The topological polar surface area (TPSA) is 44.5 Å². The zero-order valence-corrected chi connectivity index (χ0v) is 12.5. The molecular formula is C17H25NO2. The van der Waals surface area contributed by atoms with Crippen molar-refractivity contribution >= 4 is 0 Å². The van der Waals surface area contributed by atoms with Crippen LogP contribution in [0.2, 0.25) is 0 Å². The fourth-order valence-electron chi connectivity index (χ4n) is 3.92. The van der Waals surface area contributed by atoms with Gasteiger partial charge in [0, 0.05) is 17.7 Å². The molecule has 3 rings (SSSR count). The first-order chi connectivity index (χ1) is 9.67. The normalized spacial score (nSPS) is 29.4. The Kier molecular flexibility index (Phi) is 3.88. The summed E-state index contributed by atoms with van der Waals surface area (Å²) in [4.78, 5) is 0. The summed E-state index contributed by atoms with van der Waals surface area (Å²) in [6.45, 7) is 2.82. The Hall–Kier alpha value is -1.22. The van der Waals surface area contributed by atoms with Crippen molar-refractivity contribution in [3.63, 3.8) is 0 Å². The van der Waals surface area contributed by atoms with Gasteiger partial charge in [0.25, 0.3) is 0 Å². The molecule has 0 spiro atoms. The highest BCUT2D eigenvalue weighted by Crippen LogP contribution is 2.48. The second-order valence-corrected chi connectivity index (χ2v) is 6.44. The third-order valence-electron chi connectivity index (χ3n) is 5.05. The monoisotopic (exact) mass is 275 g/mol. The van der Waals surface area contributed by atoms with Crippen molar-refractivity contribution in [2.75, 3.05) is 13.7 Å². The molecule has 0 saturated heterocycles. The van der Waals surface area contributed by atoms with Gasteiger partial charge in [0.15, 0.2) is 0 Å². The molecule has 3 heteroatoms. The molecule has 20 heavy (non-hydrogen) atoms. The number of fused-ring (bicyclic) bond motifs is 2. The summed E-state index contributed by atoms with van der Waals surface area (Å²) in [5.41, 5.74) is 7.09. The highest BCUT2D eigenvalue weighted by molar-refractivity contribution is 5.42. The predicted molar refractivity (Wildman–Crippen MR) is 80.0 cm³/mol. The average molecular weight is 275 g/mol. The fourth-order valence-corrected chi connectivity index (χ4v) is 3.92. The van der Waals surface area contributed by atoms with Crippen LogP contribution in [0.25, 0.3) is 0 Å². The number of methoxy groups -OCH3 is 1. The van der Waals surface area contributed by atoms with E-state index < -0.39 is 0 Å². The maximum atomic E-state index is 6.12. The minimum Gasteiger partial charge on any atom is -0.497 e. The van der Waals surface area contributed by atoms with Crippen LogP contribution < -0.4 is 15.2 Å². The van der Waals surface area contributed by atoms with Gasteiger partial charge in [0.1, 0.15) is 11.5 Å². The van der Waals surface area contributed by atoms with E-state index in [1.165, 1.54) is 25.7 Å². The number of rotatable bonds is 5. The van der Waals surface area contributed by atoms with Crippen molar-refractivity contribution in [2.24, 2.45) is 23.5 Å². The van der Waals surface area contributed by atoms with Gasteiger partial charge in [-0.15, -0.1) is 0 Å². The van der Waals surface area contributed by atoms with Gasteiger partial charge < -0.3 is 15.2 Å². The molecule has 1 aromatic carbocycles. The van der Waals surface area contributed by atoms with E-state index in [4.69, 9.17) is 15.2 Å². The molecule has 2 bridgehead atoms. The van der Waals surface area contributed by atoms with Gasteiger partial charge in [-0.25, -0.2) is 0 Å². The Morgan fingerprint density at radius 2 is 2.15 bits per heavy atom. The van der Waals surface area contributed by atoms with Crippen molar-refractivity contribution in [3.05, 3.63) is 23.8 Å². The second kappa shape index (κ2) is 5.65. The summed E-state index contributed by atoms with van der Waals surface area (Å²) in [5.74, 6) is 4.32. The zero-order chi connectivity index (χ0) is 14.1. The average Bonchev–Trinajstić information content (AvgIpc) is 3.07. The van der Waals surface area contributed by atoms with Crippen LogP contribution in [0.4, 0.5) is 0 Å². The lowest BCUT2D eigenvalue weighted by atomic mass is 9.89. The zero-order valence-electron chi connectivity index (χ0n) is 12.5. The van der Waals surface area contributed by atoms with E-state index in [9.17, 15) is 0 Å². The fraction of sp³-hybridized carbons (Fsp3) is 0.647. The van der Waals surface area contributed by atoms with E-state index in [-0.39, 0.29) is 6.04 Å². The van der Waals surface area contributed by atoms with Gasteiger partial charge >= 0.3 is 0 Å². The number of hydrogen-bond donors (Lipinski definition) is 1. The lowest BCUT2D eigenvalue weighted by molar-refractivity contribution is 0.193. The maximum absolute atomic E-state index is 6.12. The summed E-state index contributed by atoms with van der Waals surface area (Å²) in [6.07, 6.45) is 5.61. The lowest BCUT2D eigenvalue weighted by Crippen LogP contribution is -2.19. The van der Waals surface area contributed by atoms with Crippen LogP contribution in [-0.4, -0.2) is 13.7 Å². The molecule has 3 unspecified atom stereocenters. The first-order valence-corrected chi connectivity index (χ1v) is 7.73. The molecule has 0 aromatic heterocycles. The predicted octanol–water partition coefficient (Wildman–Crippen LogP) is 3.53. The van der Waals surface area contributed by atoms with Gasteiger partial charge in [-0.1, -0.05) is 12.5 Å². The molecule has 0 aliphatic heterocycles. The van der Waals surface area contributed by atoms with E-state index in [1.807, 2.05) is 25.1 Å². The van der Waals surface area contributed by atoms with E-state index in [1.54, 1.807) is 7.11 Å². The second-order valence-electron chi connectivity index (χ2n) is 6.44. The Bertz CT molecular complexity index is 472. The Morgan fingerprint density at radius 3 is 2.75 bits per heavy atom. The van der Waals surface area contributed by atoms with Crippen LogP contribution in [0.3, 0.4) is 0 Å². The van der Waals surface area contributed by atoms with Crippen LogP contribution in [0.15, 0.2) is 18.2 Å². The van der Waals surface area contributed by atoms with Crippen molar-refractivity contribution in [3.8, 4) is 11.5 Å². The highest BCUT2D eigenvalue weighted by atomic mass is 16.5. The molecule has 3 nitrogen and oxygen atoms in total. The maximum Gasteiger partial charge on any atom is 0.127 e. The molecule has 2 fully saturated rings. The highest BCUT2D eigenvalue weighted by Gasteiger charge is 2.39. The van der Waals surface area contributed by atoms with Crippen LogP contribution in [-0.2, 0) is 0 Å². The molecule has 2 aliphatic rings. The van der Waals surface area contributed by atoms with Crippen LogP contribution in [0.5, 0.6) is 11.5 Å². The number of hydrogen-bond acceptors (Lipinski definition) is 3. The van der Waals surface area contributed by atoms with E-state index in [2.05, 4.69) is 0 Å². The molecule has 2 N–H and O–H groups in total. The molecule has 110 valence electrons. The quantitative estimate of drug-likeness (QED) is 0.894. The molecule has 2 aliphatic carbocycles. The van der Waals surface area contributed by atoms with E-state index in [0.717, 1.165) is 41.4 Å². The molecular weight excluding hydrogens is 250 g/mol. The van der Waals surface area contributed by atoms with Crippen LogP contribution in [0, 0.1) is 17.8 Å². The largest absolute Gasteiger partial charge is 0.497 e. The first kappa shape index (κ1) is 13.7. The standard InChI is InChI=1S/C17H25NO2/c1-11(18)16-6-5-15(19-2)9-17(16)20-10-14-8-12-3-4-13(14)7-12/h5-6,9,11-14H,3-4,7-8,10,18H2,1-2H3/t11-,12?,13?,14?/m1/s1. The molecule has 1 aromatic rings. The summed E-state index contributed by atoms with van der Waals surface area (Å²) in [5, 5.41) is 0. The minimum atomic E-state index is -0.0177. The third-order valence-corrected chi connectivity index (χ3v) is 5.05. The lowest BCUT2D eigenvalue weighted by Gasteiger charge is -2.23. The van der Waals surface area contributed by atoms with Gasteiger partial charge in [0.2, 0.25) is 0 Å². The Labute approximate surface area is 121 Å². The van der Waals surface area contributed by atoms with Crippen molar-refractivity contribution < 1.29 is 9.47 Å². The number of ether oxygens (including phenoxy) is 2. The van der Waals surface area contributed by atoms with Gasteiger partial charge in [-0.3, -0.25) is 0 Å². The summed E-state index contributed by atoms with van der Waals surface area (Å²) in [7, 11) is 1.68. The summed E-state index contributed by atoms with van der Waals surface area (Å²) < 4.78 is 11.4. The molecule has 0 heterocycles. The molecule has 4 atom stereocenters.